The third kappa shape index (κ3) is 5.32. The molecular weight excluding hydrogens is 468 g/mol. The Kier molecular flexibility index (Phi) is 8.12. The molecule has 0 saturated heterocycles. The van der Waals surface area contributed by atoms with E-state index in [1.165, 1.54) is 12.1 Å². The lowest BCUT2D eigenvalue weighted by Gasteiger charge is -2.29. The van der Waals surface area contributed by atoms with Gasteiger partial charge in [0.1, 0.15) is 6.10 Å². The summed E-state index contributed by atoms with van der Waals surface area (Å²) in [5, 5.41) is 0. The number of rotatable bonds is 7. The zero-order valence-electron chi connectivity index (χ0n) is 20.6. The molecule has 36 heavy (non-hydrogen) atoms. The van der Waals surface area contributed by atoms with Crippen molar-refractivity contribution in [3.8, 4) is 11.1 Å². The SMILES string of the molecule is CCCc1ccc(-c2ccc(C(=O)OC3CCC(c4ccc(CC)c(F)c4F)CC3)c(F)c2F)cc1. The minimum Gasteiger partial charge on any atom is -0.459 e. The molecule has 3 aromatic carbocycles. The highest BCUT2D eigenvalue weighted by Crippen LogP contribution is 2.37. The zero-order valence-corrected chi connectivity index (χ0v) is 20.6. The van der Waals surface area contributed by atoms with Crippen LogP contribution >= 0.6 is 0 Å². The predicted octanol–water partition coefficient (Wildman–Crippen LogP) is 8.31. The lowest BCUT2D eigenvalue weighted by atomic mass is 9.82. The van der Waals surface area contributed by atoms with Gasteiger partial charge in [-0.1, -0.05) is 62.7 Å². The molecule has 0 bridgehead atoms. The van der Waals surface area contributed by atoms with Crippen LogP contribution in [-0.4, -0.2) is 12.1 Å². The van der Waals surface area contributed by atoms with Crippen LogP contribution in [0.1, 0.15) is 78.9 Å². The second kappa shape index (κ2) is 11.3. The van der Waals surface area contributed by atoms with Gasteiger partial charge in [-0.15, -0.1) is 0 Å². The fraction of sp³-hybridized carbons (Fsp3) is 0.367. The van der Waals surface area contributed by atoms with Crippen molar-refractivity contribution >= 4 is 5.97 Å². The first kappa shape index (κ1) is 25.9. The lowest BCUT2D eigenvalue weighted by molar-refractivity contribution is 0.0188. The Morgan fingerprint density at radius 1 is 0.806 bits per heavy atom. The van der Waals surface area contributed by atoms with Crippen LogP contribution in [0.15, 0.2) is 48.5 Å². The second-order valence-corrected chi connectivity index (χ2v) is 9.41. The van der Waals surface area contributed by atoms with Crippen LogP contribution in [0, 0.1) is 23.3 Å². The van der Waals surface area contributed by atoms with E-state index in [0.29, 0.717) is 48.8 Å². The van der Waals surface area contributed by atoms with Gasteiger partial charge in [-0.2, -0.15) is 0 Å². The zero-order chi connectivity index (χ0) is 25.8. The molecule has 1 aliphatic rings. The van der Waals surface area contributed by atoms with Crippen molar-refractivity contribution < 1.29 is 27.1 Å². The maximum atomic E-state index is 14.8. The van der Waals surface area contributed by atoms with Gasteiger partial charge >= 0.3 is 5.97 Å². The fourth-order valence-corrected chi connectivity index (χ4v) is 4.97. The Morgan fingerprint density at radius 3 is 2.14 bits per heavy atom. The first-order valence-corrected chi connectivity index (χ1v) is 12.6. The average Bonchev–Trinajstić information content (AvgIpc) is 2.88. The summed E-state index contributed by atoms with van der Waals surface area (Å²) < 4.78 is 63.9. The van der Waals surface area contributed by atoms with Crippen LogP contribution in [0.25, 0.3) is 11.1 Å². The van der Waals surface area contributed by atoms with Crippen LogP contribution in [-0.2, 0) is 17.6 Å². The molecular formula is C30H30F4O2. The highest BCUT2D eigenvalue weighted by Gasteiger charge is 2.29. The van der Waals surface area contributed by atoms with Crippen molar-refractivity contribution in [2.75, 3.05) is 0 Å². The van der Waals surface area contributed by atoms with E-state index in [4.69, 9.17) is 4.74 Å². The lowest BCUT2D eigenvalue weighted by Crippen LogP contribution is -2.25. The largest absolute Gasteiger partial charge is 0.459 e. The topological polar surface area (TPSA) is 26.3 Å². The van der Waals surface area contributed by atoms with Crippen LogP contribution in [0.3, 0.4) is 0 Å². The number of hydrogen-bond donors (Lipinski definition) is 0. The molecule has 0 heterocycles. The highest BCUT2D eigenvalue weighted by atomic mass is 19.2. The van der Waals surface area contributed by atoms with Gasteiger partial charge in [0.2, 0.25) is 0 Å². The summed E-state index contributed by atoms with van der Waals surface area (Å²) in [6.45, 7) is 3.84. The monoisotopic (exact) mass is 498 g/mol. The van der Waals surface area contributed by atoms with E-state index < -0.39 is 40.9 Å². The number of halogens is 4. The number of esters is 1. The van der Waals surface area contributed by atoms with E-state index in [0.717, 1.165) is 18.4 Å². The van der Waals surface area contributed by atoms with Gasteiger partial charge in [0.25, 0.3) is 0 Å². The van der Waals surface area contributed by atoms with Crippen molar-refractivity contribution in [2.24, 2.45) is 0 Å². The smallest absolute Gasteiger partial charge is 0.341 e. The van der Waals surface area contributed by atoms with Crippen LogP contribution in [0.2, 0.25) is 0 Å². The quantitative estimate of drug-likeness (QED) is 0.242. The molecule has 0 aliphatic heterocycles. The molecule has 0 N–H and O–H groups in total. The standard InChI is InChI=1S/C30H30F4O2/c1-3-5-18-6-8-20(9-7-18)24-16-17-25(29(34)28(24)33)30(35)36-22-13-10-21(11-14-22)23-15-12-19(4-2)26(31)27(23)32/h6-9,12,15-17,21-22H,3-5,10-11,13-14H2,1-2H3. The molecule has 0 aromatic heterocycles. The van der Waals surface area contributed by atoms with Gasteiger partial charge < -0.3 is 4.74 Å². The number of benzene rings is 3. The number of aryl methyl sites for hydroxylation is 2. The summed E-state index contributed by atoms with van der Waals surface area (Å²) in [5.41, 5.74) is 1.94. The van der Waals surface area contributed by atoms with E-state index in [1.807, 2.05) is 12.1 Å². The Morgan fingerprint density at radius 2 is 1.50 bits per heavy atom. The van der Waals surface area contributed by atoms with E-state index in [2.05, 4.69) is 6.92 Å². The van der Waals surface area contributed by atoms with Crippen molar-refractivity contribution in [2.45, 2.75) is 70.8 Å². The molecule has 190 valence electrons. The molecule has 4 rings (SSSR count). The molecule has 3 aromatic rings. The Hall–Kier alpha value is -3.15. The van der Waals surface area contributed by atoms with E-state index in [1.54, 1.807) is 31.2 Å². The van der Waals surface area contributed by atoms with Gasteiger partial charge in [0.15, 0.2) is 23.3 Å². The molecule has 0 amide bonds. The van der Waals surface area contributed by atoms with Gasteiger partial charge in [0, 0.05) is 5.56 Å². The Bertz CT molecular complexity index is 1230. The summed E-state index contributed by atoms with van der Waals surface area (Å²) in [6.07, 6.45) is 3.68. The second-order valence-electron chi connectivity index (χ2n) is 9.41. The molecule has 0 unspecified atom stereocenters. The van der Waals surface area contributed by atoms with Crippen molar-refractivity contribution in [3.05, 3.63) is 94.1 Å². The number of carbonyl (C=O) groups is 1. The van der Waals surface area contributed by atoms with E-state index in [-0.39, 0.29) is 11.5 Å². The number of ether oxygens (including phenoxy) is 1. The predicted molar refractivity (Wildman–Crippen MR) is 132 cm³/mol. The number of hydrogen-bond acceptors (Lipinski definition) is 2. The third-order valence-corrected chi connectivity index (χ3v) is 7.07. The highest BCUT2D eigenvalue weighted by molar-refractivity contribution is 5.90. The Labute approximate surface area is 209 Å². The van der Waals surface area contributed by atoms with Gasteiger partial charge in [-0.05, 0) is 72.8 Å². The first-order chi connectivity index (χ1) is 17.3. The summed E-state index contributed by atoms with van der Waals surface area (Å²) in [4.78, 5) is 12.6. The maximum Gasteiger partial charge on any atom is 0.341 e. The molecule has 1 fully saturated rings. The molecule has 1 aliphatic carbocycles. The summed E-state index contributed by atoms with van der Waals surface area (Å²) in [7, 11) is 0. The molecule has 0 radical (unpaired) electrons. The minimum atomic E-state index is -1.24. The number of carbonyl (C=O) groups excluding carboxylic acids is 1. The first-order valence-electron chi connectivity index (χ1n) is 12.6. The third-order valence-electron chi connectivity index (χ3n) is 7.07. The minimum absolute atomic E-state index is 0.0796. The average molecular weight is 499 g/mol. The maximum absolute atomic E-state index is 14.8. The molecule has 2 nitrogen and oxygen atoms in total. The normalized spacial score (nSPS) is 17.7. The van der Waals surface area contributed by atoms with Crippen molar-refractivity contribution in [1.82, 2.24) is 0 Å². The van der Waals surface area contributed by atoms with Gasteiger partial charge in [-0.25, -0.2) is 22.4 Å². The summed E-state index contributed by atoms with van der Waals surface area (Å²) in [6, 6.07) is 13.1. The summed E-state index contributed by atoms with van der Waals surface area (Å²) in [5.74, 6) is -5.06. The van der Waals surface area contributed by atoms with Gasteiger partial charge in [-0.3, -0.25) is 0 Å². The van der Waals surface area contributed by atoms with Crippen LogP contribution in [0.5, 0.6) is 0 Å². The van der Waals surface area contributed by atoms with Crippen molar-refractivity contribution in [3.63, 3.8) is 0 Å². The molecule has 1 saturated carbocycles. The molecule has 0 atom stereocenters. The van der Waals surface area contributed by atoms with Gasteiger partial charge in [0.05, 0.1) is 5.56 Å². The van der Waals surface area contributed by atoms with E-state index in [9.17, 15) is 22.4 Å². The van der Waals surface area contributed by atoms with Crippen molar-refractivity contribution in [1.29, 1.82) is 0 Å². The van der Waals surface area contributed by atoms with Crippen LogP contribution in [0.4, 0.5) is 17.6 Å². The Balaban J connectivity index is 1.41. The summed E-state index contributed by atoms with van der Waals surface area (Å²) >= 11 is 0. The van der Waals surface area contributed by atoms with E-state index >= 15 is 0 Å². The molecule has 6 heteroatoms. The molecule has 0 spiro atoms. The van der Waals surface area contributed by atoms with Crippen LogP contribution < -0.4 is 0 Å². The fourth-order valence-electron chi connectivity index (χ4n) is 4.97.